The highest BCUT2D eigenvalue weighted by Gasteiger charge is 2.37. The predicted octanol–water partition coefficient (Wildman–Crippen LogP) is -0.181. The van der Waals surface area contributed by atoms with Gasteiger partial charge in [0.15, 0.2) is 0 Å². The van der Waals surface area contributed by atoms with Gasteiger partial charge in [-0.25, -0.2) is 4.98 Å². The lowest BCUT2D eigenvalue weighted by atomic mass is 10.2. The summed E-state index contributed by atoms with van der Waals surface area (Å²) in [5.41, 5.74) is 0. The minimum Gasteiger partial charge on any atom is -0.391 e. The van der Waals surface area contributed by atoms with Crippen LogP contribution in [0.5, 0.6) is 0 Å². The van der Waals surface area contributed by atoms with Gasteiger partial charge in [-0.2, -0.15) is 0 Å². The number of aromatic nitrogens is 3. The topological polar surface area (TPSA) is 85.4 Å². The number of likely N-dealkylation sites (N-methyl/N-ethyl adjacent to an activating group) is 1. The van der Waals surface area contributed by atoms with Crippen molar-refractivity contribution in [2.24, 2.45) is 0 Å². The fourth-order valence-corrected chi connectivity index (χ4v) is 2.77. The highest BCUT2D eigenvalue weighted by molar-refractivity contribution is 5.91. The summed E-state index contributed by atoms with van der Waals surface area (Å²) < 4.78 is 0. The number of aromatic amines is 1. The molecule has 1 saturated carbocycles. The van der Waals surface area contributed by atoms with E-state index in [9.17, 15) is 9.90 Å². The van der Waals surface area contributed by atoms with E-state index in [-0.39, 0.29) is 17.8 Å². The number of aliphatic hydroxyl groups excluding tert-OH is 1. The summed E-state index contributed by atoms with van der Waals surface area (Å²) in [7, 11) is 3.93. The molecule has 1 aliphatic heterocycles. The average Bonchev–Trinajstić information content (AvgIpc) is 3.00. The number of nitrogens with zero attached hydrogens (tertiary/aromatic N) is 4. The Morgan fingerprint density at radius 1 is 1.50 bits per heavy atom. The van der Waals surface area contributed by atoms with Gasteiger partial charge in [0.25, 0.3) is 5.91 Å². The first-order valence-electron chi connectivity index (χ1n) is 7.10. The highest BCUT2D eigenvalue weighted by atomic mass is 16.3. The second-order valence-corrected chi connectivity index (χ2v) is 6.08. The summed E-state index contributed by atoms with van der Waals surface area (Å²) in [4.78, 5) is 20.5. The van der Waals surface area contributed by atoms with Crippen LogP contribution in [0.2, 0.25) is 0 Å². The van der Waals surface area contributed by atoms with Gasteiger partial charge in [-0.3, -0.25) is 9.89 Å². The Balaban J connectivity index is 1.73. The highest BCUT2D eigenvalue weighted by Crippen LogP contribution is 2.37. The number of aliphatic hydroxyl groups is 1. The van der Waals surface area contributed by atoms with Crippen LogP contribution in [0.15, 0.2) is 0 Å². The van der Waals surface area contributed by atoms with Crippen molar-refractivity contribution in [1.82, 2.24) is 25.0 Å². The normalized spacial score (nSPS) is 26.5. The fourth-order valence-electron chi connectivity index (χ4n) is 2.77. The molecule has 2 heterocycles. The Morgan fingerprint density at radius 2 is 2.25 bits per heavy atom. The summed E-state index contributed by atoms with van der Waals surface area (Å²) >= 11 is 0. The van der Waals surface area contributed by atoms with Crippen molar-refractivity contribution in [3.63, 3.8) is 0 Å². The molecule has 0 bridgehead atoms. The molecule has 2 unspecified atom stereocenters. The maximum Gasteiger partial charge on any atom is 0.293 e. The lowest BCUT2D eigenvalue weighted by Gasteiger charge is -2.25. The van der Waals surface area contributed by atoms with Crippen LogP contribution < -0.4 is 0 Å². The lowest BCUT2D eigenvalue weighted by Crippen LogP contribution is -2.41. The zero-order valence-electron chi connectivity index (χ0n) is 11.9. The van der Waals surface area contributed by atoms with E-state index in [2.05, 4.69) is 15.2 Å². The molecule has 1 aliphatic carbocycles. The maximum atomic E-state index is 12.5. The molecule has 1 aromatic heterocycles. The van der Waals surface area contributed by atoms with E-state index >= 15 is 0 Å². The van der Waals surface area contributed by atoms with Gasteiger partial charge in [-0.15, -0.1) is 5.10 Å². The molecule has 20 heavy (non-hydrogen) atoms. The molecular weight excluding hydrogens is 258 g/mol. The number of carbonyl (C=O) groups is 1. The first-order valence-corrected chi connectivity index (χ1v) is 7.10. The third-order valence-electron chi connectivity index (χ3n) is 3.89. The number of likely N-dealkylation sites (tertiary alicyclic amines) is 1. The van der Waals surface area contributed by atoms with E-state index in [1.54, 1.807) is 4.90 Å². The molecule has 2 atom stereocenters. The second-order valence-electron chi connectivity index (χ2n) is 6.08. The molecule has 2 aliphatic rings. The number of hydrogen-bond acceptors (Lipinski definition) is 5. The monoisotopic (exact) mass is 279 g/mol. The first kappa shape index (κ1) is 13.5. The van der Waals surface area contributed by atoms with Gasteiger partial charge in [0.1, 0.15) is 5.82 Å². The van der Waals surface area contributed by atoms with Gasteiger partial charge in [-0.1, -0.05) is 0 Å². The molecule has 110 valence electrons. The van der Waals surface area contributed by atoms with Crippen LogP contribution in [0, 0.1) is 0 Å². The van der Waals surface area contributed by atoms with E-state index in [0.29, 0.717) is 18.9 Å². The Hall–Kier alpha value is -1.47. The van der Waals surface area contributed by atoms with Crippen molar-refractivity contribution < 1.29 is 9.90 Å². The summed E-state index contributed by atoms with van der Waals surface area (Å²) in [6.45, 7) is 1.10. The minimum atomic E-state index is -0.453. The van der Waals surface area contributed by atoms with E-state index in [0.717, 1.165) is 25.2 Å². The number of β-amino-alcohol motifs (C(OH)–C–C–N with tert-alkyl or cyclic N) is 1. The molecule has 2 N–H and O–H groups in total. The van der Waals surface area contributed by atoms with Crippen LogP contribution in [0.4, 0.5) is 0 Å². The number of nitrogens with one attached hydrogen (secondary N) is 1. The Bertz CT molecular complexity index is 497. The predicted molar refractivity (Wildman–Crippen MR) is 72.4 cm³/mol. The summed E-state index contributed by atoms with van der Waals surface area (Å²) in [6.07, 6.45) is 2.40. The van der Waals surface area contributed by atoms with Crippen molar-refractivity contribution in [1.29, 1.82) is 0 Å². The molecule has 0 radical (unpaired) electrons. The van der Waals surface area contributed by atoms with Crippen molar-refractivity contribution in [3.8, 4) is 0 Å². The average molecular weight is 279 g/mol. The van der Waals surface area contributed by atoms with E-state index < -0.39 is 6.10 Å². The smallest absolute Gasteiger partial charge is 0.293 e. The van der Waals surface area contributed by atoms with Gasteiger partial charge in [0.05, 0.1) is 6.10 Å². The van der Waals surface area contributed by atoms with E-state index in [1.165, 1.54) is 0 Å². The third kappa shape index (κ3) is 2.69. The SMILES string of the molecule is CN(C)CC1CC(O)CN1C(=O)c1n[nH]c(C2CC2)n1. The van der Waals surface area contributed by atoms with E-state index in [1.807, 2.05) is 19.0 Å². The van der Waals surface area contributed by atoms with E-state index in [4.69, 9.17) is 0 Å². The van der Waals surface area contributed by atoms with Crippen molar-refractivity contribution in [3.05, 3.63) is 11.6 Å². The number of H-pyrrole nitrogens is 1. The van der Waals surface area contributed by atoms with Crippen LogP contribution in [0.3, 0.4) is 0 Å². The number of rotatable bonds is 4. The van der Waals surface area contributed by atoms with Crippen LogP contribution >= 0.6 is 0 Å². The number of hydrogen-bond donors (Lipinski definition) is 2. The fraction of sp³-hybridized carbons (Fsp3) is 0.769. The molecular formula is C13H21N5O2. The minimum absolute atomic E-state index is 0.0235. The van der Waals surface area contributed by atoms with Crippen molar-refractivity contribution in [2.75, 3.05) is 27.2 Å². The zero-order valence-corrected chi connectivity index (χ0v) is 11.9. The summed E-state index contributed by atoms with van der Waals surface area (Å²) in [5.74, 6) is 1.31. The van der Waals surface area contributed by atoms with Crippen LogP contribution in [0.25, 0.3) is 0 Å². The maximum absolute atomic E-state index is 12.5. The molecule has 7 nitrogen and oxygen atoms in total. The van der Waals surface area contributed by atoms with Gasteiger partial charge < -0.3 is 14.9 Å². The van der Waals surface area contributed by atoms with Crippen LogP contribution in [-0.4, -0.2) is 75.3 Å². The molecule has 1 amide bonds. The summed E-state index contributed by atoms with van der Waals surface area (Å²) in [6, 6.07) is 0.0235. The largest absolute Gasteiger partial charge is 0.391 e. The third-order valence-corrected chi connectivity index (χ3v) is 3.89. The Labute approximate surface area is 118 Å². The first-order chi connectivity index (χ1) is 9.54. The van der Waals surface area contributed by atoms with Gasteiger partial charge in [0.2, 0.25) is 5.82 Å². The molecule has 2 fully saturated rings. The Kier molecular flexibility index (Phi) is 3.47. The zero-order chi connectivity index (χ0) is 14.3. The molecule has 0 aromatic carbocycles. The summed E-state index contributed by atoms with van der Waals surface area (Å²) in [5, 5.41) is 16.7. The van der Waals surface area contributed by atoms with Crippen molar-refractivity contribution >= 4 is 5.91 Å². The molecule has 1 aromatic rings. The molecule has 1 saturated heterocycles. The van der Waals surface area contributed by atoms with Gasteiger partial charge >= 0.3 is 0 Å². The second kappa shape index (κ2) is 5.14. The Morgan fingerprint density at radius 3 is 2.90 bits per heavy atom. The standard InChI is InChI=1S/C13H21N5O2/c1-17(2)6-9-5-10(19)7-18(9)13(20)12-14-11(15-16-12)8-3-4-8/h8-10,19H,3-7H2,1-2H3,(H,14,15,16). The lowest BCUT2D eigenvalue weighted by molar-refractivity contribution is 0.0687. The van der Waals surface area contributed by atoms with Gasteiger partial charge in [-0.05, 0) is 33.4 Å². The molecule has 3 rings (SSSR count). The van der Waals surface area contributed by atoms with Crippen LogP contribution in [-0.2, 0) is 0 Å². The van der Waals surface area contributed by atoms with Gasteiger partial charge in [0, 0.05) is 25.0 Å². The number of amides is 1. The van der Waals surface area contributed by atoms with Crippen molar-refractivity contribution in [2.45, 2.75) is 37.3 Å². The quantitative estimate of drug-likeness (QED) is 0.798. The van der Waals surface area contributed by atoms with Crippen LogP contribution in [0.1, 0.15) is 41.6 Å². The molecule has 7 heteroatoms. The molecule has 0 spiro atoms. The number of carbonyl (C=O) groups excluding carboxylic acids is 1.